The molecule has 90 valence electrons. The zero-order valence-electron chi connectivity index (χ0n) is 8.04. The number of nitrogens with two attached hydrogens (primary N) is 2. The maximum absolute atomic E-state index is 10.6. The number of carboxylic acid groups (broad SMARTS) is 1. The summed E-state index contributed by atoms with van der Waals surface area (Å²) in [6, 6.07) is -0.444. The van der Waals surface area contributed by atoms with E-state index in [0.717, 1.165) is 6.42 Å². The van der Waals surface area contributed by atoms with Gasteiger partial charge in [0.05, 0.1) is 6.04 Å². The number of hydrogen-bond donors (Lipinski definition) is 3. The molecule has 0 heterocycles. The Hall–Kier alpha value is -1.31. The molecule has 0 aliphatic rings. The Morgan fingerprint density at radius 3 is 1.80 bits per heavy atom. The summed E-state index contributed by atoms with van der Waals surface area (Å²) in [5.41, 5.74) is 10.1. The molecule has 8 heteroatoms. The number of rotatable bonds is 3. The fourth-order valence-electron chi connectivity index (χ4n) is 0.453. The van der Waals surface area contributed by atoms with Crippen LogP contribution >= 0.6 is 0 Å². The Balaban J connectivity index is 0. The minimum atomic E-state index is -5.08. The quantitative estimate of drug-likeness (QED) is 0.645. The molecule has 0 saturated carbocycles. The van der Waals surface area contributed by atoms with Crippen LogP contribution in [0.2, 0.25) is 0 Å². The molecular weight excluding hydrogens is 217 g/mol. The molecule has 1 amide bonds. The van der Waals surface area contributed by atoms with Gasteiger partial charge in [-0.05, 0) is 6.42 Å². The minimum absolute atomic E-state index is 0.410. The fourth-order valence-corrected chi connectivity index (χ4v) is 0.453. The van der Waals surface area contributed by atoms with Gasteiger partial charge in [-0.3, -0.25) is 4.79 Å². The summed E-state index contributed by atoms with van der Waals surface area (Å²) in [5.74, 6) is -3.17. The predicted octanol–water partition coefficient (Wildman–Crippen LogP) is 0.232. The van der Waals surface area contributed by atoms with Crippen molar-refractivity contribution >= 4 is 11.9 Å². The monoisotopic (exact) mass is 230 g/mol. The molecule has 0 saturated heterocycles. The van der Waals surface area contributed by atoms with Crippen LogP contribution in [0.1, 0.15) is 19.8 Å². The Morgan fingerprint density at radius 1 is 1.40 bits per heavy atom. The van der Waals surface area contributed by atoms with Crippen molar-refractivity contribution in [2.75, 3.05) is 0 Å². The third-order valence-electron chi connectivity index (χ3n) is 1.21. The second-order valence-electron chi connectivity index (χ2n) is 2.60. The van der Waals surface area contributed by atoms with Gasteiger partial charge in [0.25, 0.3) is 0 Å². The molecule has 0 rings (SSSR count). The van der Waals surface area contributed by atoms with E-state index in [2.05, 4.69) is 0 Å². The van der Waals surface area contributed by atoms with Crippen molar-refractivity contribution in [3.8, 4) is 0 Å². The molecule has 0 unspecified atom stereocenters. The highest BCUT2D eigenvalue weighted by Crippen LogP contribution is 2.13. The van der Waals surface area contributed by atoms with Crippen LogP contribution in [0, 0.1) is 0 Å². The summed E-state index contributed by atoms with van der Waals surface area (Å²) in [6.45, 7) is 1.96. The molecule has 5 nitrogen and oxygen atoms in total. The highest BCUT2D eigenvalue weighted by atomic mass is 19.4. The van der Waals surface area contributed by atoms with Crippen LogP contribution in [0.4, 0.5) is 13.2 Å². The van der Waals surface area contributed by atoms with Crippen molar-refractivity contribution in [1.82, 2.24) is 0 Å². The largest absolute Gasteiger partial charge is 0.490 e. The minimum Gasteiger partial charge on any atom is -0.475 e. The van der Waals surface area contributed by atoms with Crippen LogP contribution < -0.4 is 11.5 Å². The van der Waals surface area contributed by atoms with Gasteiger partial charge in [0.1, 0.15) is 0 Å². The summed E-state index contributed by atoms with van der Waals surface area (Å²) in [5, 5.41) is 7.12. The van der Waals surface area contributed by atoms with Crippen LogP contribution in [-0.4, -0.2) is 29.2 Å². The third-order valence-corrected chi connectivity index (χ3v) is 1.21. The second-order valence-corrected chi connectivity index (χ2v) is 2.60. The smallest absolute Gasteiger partial charge is 0.475 e. The van der Waals surface area contributed by atoms with Crippen molar-refractivity contribution < 1.29 is 27.9 Å². The van der Waals surface area contributed by atoms with Gasteiger partial charge < -0.3 is 16.6 Å². The van der Waals surface area contributed by atoms with E-state index in [1.807, 2.05) is 6.92 Å². The first-order valence-electron chi connectivity index (χ1n) is 3.97. The lowest BCUT2D eigenvalue weighted by molar-refractivity contribution is -0.192. The average molecular weight is 230 g/mol. The highest BCUT2D eigenvalue weighted by molar-refractivity contribution is 5.79. The molecule has 0 aromatic carbocycles. The van der Waals surface area contributed by atoms with Gasteiger partial charge in [-0.25, -0.2) is 4.79 Å². The number of carbonyl (C=O) groups is 2. The van der Waals surface area contributed by atoms with E-state index in [1.165, 1.54) is 0 Å². The van der Waals surface area contributed by atoms with Gasteiger partial charge in [0.2, 0.25) is 5.91 Å². The molecule has 5 N–H and O–H groups in total. The highest BCUT2D eigenvalue weighted by Gasteiger charge is 2.38. The SMILES string of the molecule is CCC[C@H](N)C(N)=O.O=C(O)C(F)(F)F. The van der Waals surface area contributed by atoms with Gasteiger partial charge in [-0.15, -0.1) is 0 Å². The lowest BCUT2D eigenvalue weighted by Gasteiger charge is -2.01. The summed E-state index contributed by atoms with van der Waals surface area (Å²) in [4.78, 5) is 19.1. The van der Waals surface area contributed by atoms with Crippen molar-refractivity contribution in [1.29, 1.82) is 0 Å². The number of carbonyl (C=O) groups excluding carboxylic acids is 1. The van der Waals surface area contributed by atoms with Gasteiger partial charge >= 0.3 is 12.1 Å². The summed E-state index contributed by atoms with van der Waals surface area (Å²) in [7, 11) is 0. The number of halogens is 3. The van der Waals surface area contributed by atoms with E-state index in [-0.39, 0.29) is 0 Å². The van der Waals surface area contributed by atoms with Crippen LogP contribution in [0.5, 0.6) is 0 Å². The van der Waals surface area contributed by atoms with E-state index < -0.39 is 24.1 Å². The number of hydrogen-bond acceptors (Lipinski definition) is 3. The summed E-state index contributed by atoms with van der Waals surface area (Å²) >= 11 is 0. The van der Waals surface area contributed by atoms with E-state index in [4.69, 9.17) is 21.4 Å². The number of aliphatic carboxylic acids is 1. The standard InChI is InChI=1S/C5H12N2O.C2HF3O2/c1-2-3-4(6)5(7)8;3-2(4,5)1(6)7/h4H,2-3,6H2,1H3,(H2,7,8);(H,6,7)/t4-;/m0./s1. The molecule has 0 fully saturated rings. The predicted molar refractivity (Wildman–Crippen MR) is 45.8 cm³/mol. The first-order valence-corrected chi connectivity index (χ1v) is 3.97. The van der Waals surface area contributed by atoms with Crippen molar-refractivity contribution in [3.63, 3.8) is 0 Å². The van der Waals surface area contributed by atoms with Crippen LogP contribution in [-0.2, 0) is 9.59 Å². The number of primary amides is 1. The molecular formula is C7H13F3N2O3. The average Bonchev–Trinajstić information content (AvgIpc) is 2.03. The summed E-state index contributed by atoms with van der Waals surface area (Å²) in [6.07, 6.45) is -3.49. The topological polar surface area (TPSA) is 106 Å². The Morgan fingerprint density at radius 2 is 1.73 bits per heavy atom. The fraction of sp³-hybridized carbons (Fsp3) is 0.714. The van der Waals surface area contributed by atoms with E-state index in [1.54, 1.807) is 0 Å². The van der Waals surface area contributed by atoms with Gasteiger partial charge in [0, 0.05) is 0 Å². The Bertz CT molecular complexity index is 218. The molecule has 0 radical (unpaired) electrons. The normalized spacial score (nSPS) is 12.3. The van der Waals surface area contributed by atoms with E-state index >= 15 is 0 Å². The summed E-state index contributed by atoms with van der Waals surface area (Å²) < 4.78 is 31.7. The Labute approximate surface area is 84.2 Å². The molecule has 0 bridgehead atoms. The number of alkyl halides is 3. The van der Waals surface area contributed by atoms with E-state index in [0.29, 0.717) is 6.42 Å². The molecule has 1 atom stereocenters. The zero-order chi connectivity index (χ0) is 12.6. The molecule has 0 aromatic rings. The molecule has 15 heavy (non-hydrogen) atoms. The lowest BCUT2D eigenvalue weighted by atomic mass is 10.2. The molecule has 0 aliphatic heterocycles. The molecule has 0 aromatic heterocycles. The maximum Gasteiger partial charge on any atom is 0.490 e. The molecule has 0 spiro atoms. The van der Waals surface area contributed by atoms with E-state index in [9.17, 15) is 18.0 Å². The van der Waals surface area contributed by atoms with Crippen molar-refractivity contribution in [2.45, 2.75) is 32.0 Å². The van der Waals surface area contributed by atoms with Crippen molar-refractivity contribution in [3.05, 3.63) is 0 Å². The molecule has 0 aliphatic carbocycles. The first kappa shape index (κ1) is 16.1. The second kappa shape index (κ2) is 7.04. The zero-order valence-corrected chi connectivity index (χ0v) is 8.04. The van der Waals surface area contributed by atoms with Gasteiger partial charge in [0.15, 0.2) is 0 Å². The maximum atomic E-state index is 10.6. The van der Waals surface area contributed by atoms with Crippen LogP contribution in [0.3, 0.4) is 0 Å². The Kier molecular flexibility index (Phi) is 7.58. The third kappa shape index (κ3) is 10.6. The van der Waals surface area contributed by atoms with Gasteiger partial charge in [-0.2, -0.15) is 13.2 Å². The van der Waals surface area contributed by atoms with Crippen LogP contribution in [0.15, 0.2) is 0 Å². The van der Waals surface area contributed by atoms with Crippen molar-refractivity contribution in [2.24, 2.45) is 11.5 Å². The lowest BCUT2D eigenvalue weighted by Crippen LogP contribution is -2.35. The first-order chi connectivity index (χ1) is 6.62. The van der Waals surface area contributed by atoms with Gasteiger partial charge in [-0.1, -0.05) is 13.3 Å². The number of carboxylic acids is 1. The number of amides is 1. The van der Waals surface area contributed by atoms with Crippen LogP contribution in [0.25, 0.3) is 0 Å².